The minimum atomic E-state index is -0.115. The summed E-state index contributed by atoms with van der Waals surface area (Å²) in [5, 5.41) is 3.75. The Morgan fingerprint density at radius 3 is 2.65 bits per heavy atom. The topological polar surface area (TPSA) is 71.2 Å². The first-order valence-corrected chi connectivity index (χ1v) is 8.01. The van der Waals surface area contributed by atoms with Crippen molar-refractivity contribution in [2.24, 2.45) is 0 Å². The van der Waals surface area contributed by atoms with Gasteiger partial charge >= 0.3 is 0 Å². The molecule has 0 spiro atoms. The molecule has 5 nitrogen and oxygen atoms in total. The normalized spacial score (nSPS) is 12.2. The summed E-state index contributed by atoms with van der Waals surface area (Å²) in [6.07, 6.45) is 5.87. The van der Waals surface area contributed by atoms with Crippen LogP contribution in [0.25, 0.3) is 0 Å². The van der Waals surface area contributed by atoms with Gasteiger partial charge in [-0.3, -0.25) is 4.79 Å². The molecule has 1 aromatic heterocycles. The van der Waals surface area contributed by atoms with Gasteiger partial charge in [0, 0.05) is 20.1 Å². The Morgan fingerprint density at radius 2 is 2.10 bits per heavy atom. The molecule has 6 heteroatoms. The summed E-state index contributed by atoms with van der Waals surface area (Å²) in [5.74, 6) is 0.200. The standard InChI is InChI=1S/C14H26N4OS/c1-5-6-7-8-9-10(2)16-13(19)11-12(15)17-14(20-11)18(3)4/h10H,5-9,15H2,1-4H3,(H,16,19). The minimum Gasteiger partial charge on any atom is -0.382 e. The summed E-state index contributed by atoms with van der Waals surface area (Å²) in [7, 11) is 3.77. The number of nitrogens with two attached hydrogens (primary N) is 1. The van der Waals surface area contributed by atoms with Crippen LogP contribution in [-0.2, 0) is 0 Å². The molecule has 20 heavy (non-hydrogen) atoms. The van der Waals surface area contributed by atoms with Gasteiger partial charge in [0.05, 0.1) is 0 Å². The van der Waals surface area contributed by atoms with E-state index in [-0.39, 0.29) is 11.9 Å². The highest BCUT2D eigenvalue weighted by Crippen LogP contribution is 2.26. The number of unbranched alkanes of at least 4 members (excludes halogenated alkanes) is 3. The number of nitrogens with zero attached hydrogens (tertiary/aromatic N) is 2. The van der Waals surface area contributed by atoms with E-state index in [4.69, 9.17) is 5.73 Å². The summed E-state index contributed by atoms with van der Waals surface area (Å²) < 4.78 is 0. The summed E-state index contributed by atoms with van der Waals surface area (Å²) in [6, 6.07) is 0.170. The van der Waals surface area contributed by atoms with Crippen LogP contribution in [0.2, 0.25) is 0 Å². The highest BCUT2D eigenvalue weighted by Gasteiger charge is 2.18. The highest BCUT2D eigenvalue weighted by molar-refractivity contribution is 7.18. The van der Waals surface area contributed by atoms with Crippen molar-refractivity contribution in [3.63, 3.8) is 0 Å². The Balaban J connectivity index is 2.49. The molecule has 0 saturated carbocycles. The second-order valence-corrected chi connectivity index (χ2v) is 6.31. The average Bonchev–Trinajstić information content (AvgIpc) is 2.77. The van der Waals surface area contributed by atoms with Crippen molar-refractivity contribution in [2.75, 3.05) is 24.7 Å². The number of aromatic nitrogens is 1. The van der Waals surface area contributed by atoms with Crippen LogP contribution < -0.4 is 16.0 Å². The number of amides is 1. The van der Waals surface area contributed by atoms with Crippen molar-refractivity contribution in [3.8, 4) is 0 Å². The molecule has 0 fully saturated rings. The molecule has 114 valence electrons. The Bertz CT molecular complexity index is 431. The summed E-state index contributed by atoms with van der Waals surface area (Å²) in [4.78, 5) is 18.7. The van der Waals surface area contributed by atoms with Crippen molar-refractivity contribution < 1.29 is 4.79 Å². The first-order valence-electron chi connectivity index (χ1n) is 7.20. The third-order valence-corrected chi connectivity index (χ3v) is 4.34. The third kappa shape index (κ3) is 5.00. The lowest BCUT2D eigenvalue weighted by Crippen LogP contribution is -2.32. The van der Waals surface area contributed by atoms with Gasteiger partial charge in [0.2, 0.25) is 0 Å². The molecule has 0 aliphatic rings. The number of rotatable bonds is 8. The molecule has 1 atom stereocenters. The van der Waals surface area contributed by atoms with E-state index in [1.165, 1.54) is 30.6 Å². The van der Waals surface area contributed by atoms with E-state index in [0.29, 0.717) is 10.7 Å². The zero-order valence-corrected chi connectivity index (χ0v) is 13.7. The molecule has 0 saturated heterocycles. The van der Waals surface area contributed by atoms with Crippen LogP contribution in [-0.4, -0.2) is 31.0 Å². The van der Waals surface area contributed by atoms with E-state index in [9.17, 15) is 4.79 Å². The van der Waals surface area contributed by atoms with E-state index >= 15 is 0 Å². The van der Waals surface area contributed by atoms with Crippen LogP contribution in [0.4, 0.5) is 10.9 Å². The Labute approximate surface area is 125 Å². The number of nitrogen functional groups attached to an aromatic ring is 1. The maximum Gasteiger partial charge on any atom is 0.265 e. The van der Waals surface area contributed by atoms with Crippen molar-refractivity contribution in [1.29, 1.82) is 0 Å². The summed E-state index contributed by atoms with van der Waals surface area (Å²) >= 11 is 1.33. The maximum absolute atomic E-state index is 12.2. The van der Waals surface area contributed by atoms with Crippen LogP contribution in [0.1, 0.15) is 55.6 Å². The van der Waals surface area contributed by atoms with Gasteiger partial charge in [-0.2, -0.15) is 0 Å². The molecule has 0 aliphatic heterocycles. The summed E-state index contributed by atoms with van der Waals surface area (Å²) in [6.45, 7) is 4.23. The molecular formula is C14H26N4OS. The zero-order chi connectivity index (χ0) is 15.1. The van der Waals surface area contributed by atoms with Gasteiger partial charge in [-0.25, -0.2) is 4.98 Å². The number of hydrogen-bond acceptors (Lipinski definition) is 5. The van der Waals surface area contributed by atoms with Crippen molar-refractivity contribution in [3.05, 3.63) is 4.88 Å². The van der Waals surface area contributed by atoms with Gasteiger partial charge in [-0.1, -0.05) is 43.9 Å². The van der Waals surface area contributed by atoms with E-state index in [1.807, 2.05) is 25.9 Å². The fraction of sp³-hybridized carbons (Fsp3) is 0.714. The van der Waals surface area contributed by atoms with Crippen LogP contribution >= 0.6 is 11.3 Å². The maximum atomic E-state index is 12.2. The largest absolute Gasteiger partial charge is 0.382 e. The lowest BCUT2D eigenvalue weighted by atomic mass is 10.1. The van der Waals surface area contributed by atoms with Gasteiger partial charge in [0.1, 0.15) is 10.7 Å². The predicted octanol–water partition coefficient (Wildman–Crippen LogP) is 2.88. The fourth-order valence-corrected chi connectivity index (χ4v) is 2.72. The highest BCUT2D eigenvalue weighted by atomic mass is 32.1. The van der Waals surface area contributed by atoms with E-state index in [0.717, 1.165) is 18.0 Å². The second-order valence-electron chi connectivity index (χ2n) is 5.33. The lowest BCUT2D eigenvalue weighted by molar-refractivity contribution is 0.0942. The van der Waals surface area contributed by atoms with E-state index in [2.05, 4.69) is 17.2 Å². The van der Waals surface area contributed by atoms with Crippen LogP contribution in [0, 0.1) is 0 Å². The SMILES string of the molecule is CCCCCCC(C)NC(=O)c1sc(N(C)C)nc1N. The minimum absolute atomic E-state index is 0.115. The number of carbonyl (C=O) groups is 1. The Kier molecular flexibility index (Phi) is 6.78. The molecule has 1 unspecified atom stereocenters. The average molecular weight is 298 g/mol. The van der Waals surface area contributed by atoms with Gasteiger partial charge in [-0.15, -0.1) is 0 Å². The molecule has 1 amide bonds. The molecule has 0 aromatic carbocycles. The fourth-order valence-electron chi connectivity index (χ4n) is 1.91. The van der Waals surface area contributed by atoms with Crippen molar-refractivity contribution in [2.45, 2.75) is 52.0 Å². The molecule has 1 rings (SSSR count). The van der Waals surface area contributed by atoms with Gasteiger partial charge < -0.3 is 16.0 Å². The zero-order valence-electron chi connectivity index (χ0n) is 12.9. The van der Waals surface area contributed by atoms with Gasteiger partial charge in [0.15, 0.2) is 5.13 Å². The first kappa shape index (κ1) is 16.8. The van der Waals surface area contributed by atoms with Crippen molar-refractivity contribution in [1.82, 2.24) is 10.3 Å². The lowest BCUT2D eigenvalue weighted by Gasteiger charge is -2.13. The predicted molar refractivity (Wildman–Crippen MR) is 86.5 cm³/mol. The summed E-state index contributed by atoms with van der Waals surface area (Å²) in [5.41, 5.74) is 5.81. The first-order chi connectivity index (χ1) is 9.45. The number of carbonyl (C=O) groups excluding carboxylic acids is 1. The molecule has 0 radical (unpaired) electrons. The number of anilines is 2. The van der Waals surface area contributed by atoms with Crippen LogP contribution in [0.3, 0.4) is 0 Å². The van der Waals surface area contributed by atoms with Crippen LogP contribution in [0.15, 0.2) is 0 Å². The quantitative estimate of drug-likeness (QED) is 0.724. The van der Waals surface area contributed by atoms with Crippen molar-refractivity contribution >= 4 is 28.2 Å². The van der Waals surface area contributed by atoms with E-state index < -0.39 is 0 Å². The molecule has 1 aromatic rings. The number of nitrogens with one attached hydrogen (secondary N) is 1. The van der Waals surface area contributed by atoms with Gasteiger partial charge in [0.25, 0.3) is 5.91 Å². The molecular weight excluding hydrogens is 272 g/mol. The van der Waals surface area contributed by atoms with Gasteiger partial charge in [-0.05, 0) is 13.3 Å². The monoisotopic (exact) mass is 298 g/mol. The number of hydrogen-bond donors (Lipinski definition) is 2. The number of thiazole rings is 1. The van der Waals surface area contributed by atoms with E-state index in [1.54, 1.807) is 0 Å². The Morgan fingerprint density at radius 1 is 1.40 bits per heavy atom. The second kappa shape index (κ2) is 8.09. The smallest absolute Gasteiger partial charge is 0.265 e. The van der Waals surface area contributed by atoms with Crippen LogP contribution in [0.5, 0.6) is 0 Å². The molecule has 1 heterocycles. The molecule has 0 aliphatic carbocycles. The molecule has 3 N–H and O–H groups in total. The Hall–Kier alpha value is -1.30. The third-order valence-electron chi connectivity index (χ3n) is 3.10. The molecule has 0 bridgehead atoms.